The molecule has 7 heteroatoms. The third-order valence-electron chi connectivity index (χ3n) is 4.45. The van der Waals surface area contributed by atoms with Crippen molar-refractivity contribution in [1.82, 2.24) is 9.78 Å². The maximum atomic E-state index is 13.0. The highest BCUT2D eigenvalue weighted by Gasteiger charge is 2.21. The predicted octanol–water partition coefficient (Wildman–Crippen LogP) is 5.17. The van der Waals surface area contributed by atoms with E-state index in [1.165, 1.54) is 6.92 Å². The number of carbonyl (C=O) groups excluding carboxylic acids is 2. The fourth-order valence-electron chi connectivity index (χ4n) is 3.17. The topological polar surface area (TPSA) is 76.0 Å². The number of carbonyl (C=O) groups is 2. The minimum Gasteiger partial charge on any atom is -0.326 e. The summed E-state index contributed by atoms with van der Waals surface area (Å²) in [7, 11) is 0. The summed E-state index contributed by atoms with van der Waals surface area (Å²) in [6, 6.07) is 12.7. The van der Waals surface area contributed by atoms with Gasteiger partial charge in [0, 0.05) is 23.3 Å². The Hall–Kier alpha value is -3.12. The summed E-state index contributed by atoms with van der Waals surface area (Å²) in [5.41, 5.74) is 4.33. The van der Waals surface area contributed by atoms with E-state index in [1.807, 2.05) is 45.0 Å². The number of nitrogens with zero attached hydrogens (tertiary/aromatic N) is 2. The van der Waals surface area contributed by atoms with Gasteiger partial charge in [0.1, 0.15) is 0 Å². The molecule has 150 valence electrons. The number of aromatic nitrogens is 2. The molecule has 6 nitrogen and oxygen atoms in total. The van der Waals surface area contributed by atoms with Crippen LogP contribution >= 0.6 is 11.6 Å². The molecule has 0 unspecified atom stereocenters. The first-order valence-electron chi connectivity index (χ1n) is 9.29. The first-order valence-corrected chi connectivity index (χ1v) is 9.67. The monoisotopic (exact) mass is 410 g/mol. The molecule has 0 fully saturated rings. The second kappa shape index (κ2) is 8.49. The normalized spacial score (nSPS) is 10.8. The van der Waals surface area contributed by atoms with Gasteiger partial charge in [0.2, 0.25) is 5.91 Å². The van der Waals surface area contributed by atoms with E-state index < -0.39 is 0 Å². The van der Waals surface area contributed by atoms with Gasteiger partial charge in [-0.25, -0.2) is 4.68 Å². The molecule has 1 aromatic heterocycles. The molecular weight excluding hydrogens is 388 g/mol. The summed E-state index contributed by atoms with van der Waals surface area (Å²) in [6.07, 6.45) is 1.57. The van der Waals surface area contributed by atoms with Crippen molar-refractivity contribution in [2.75, 3.05) is 10.6 Å². The zero-order valence-electron chi connectivity index (χ0n) is 16.8. The minimum absolute atomic E-state index is 0.0705. The van der Waals surface area contributed by atoms with Crippen LogP contribution in [0.15, 0.2) is 48.7 Å². The molecule has 29 heavy (non-hydrogen) atoms. The van der Waals surface area contributed by atoms with Crippen LogP contribution in [-0.4, -0.2) is 21.6 Å². The van der Waals surface area contributed by atoms with Crippen LogP contribution in [0.3, 0.4) is 0 Å². The van der Waals surface area contributed by atoms with Crippen molar-refractivity contribution in [3.05, 3.63) is 70.5 Å². The summed E-state index contributed by atoms with van der Waals surface area (Å²) in [5.74, 6) is -0.311. The van der Waals surface area contributed by atoms with Crippen molar-refractivity contribution >= 4 is 34.8 Å². The molecular formula is C22H23ClN4O2. The van der Waals surface area contributed by atoms with Crippen molar-refractivity contribution in [1.29, 1.82) is 0 Å². The fraction of sp³-hybridized carbons (Fsp3) is 0.227. The number of hydrogen-bond acceptors (Lipinski definition) is 3. The molecule has 1 heterocycles. The highest BCUT2D eigenvalue weighted by molar-refractivity contribution is 6.30. The molecule has 3 rings (SSSR count). The number of nitrogens with one attached hydrogen (secondary N) is 2. The van der Waals surface area contributed by atoms with Crippen LogP contribution in [0.2, 0.25) is 5.02 Å². The minimum atomic E-state index is -0.242. The Morgan fingerprint density at radius 3 is 2.48 bits per heavy atom. The Kier molecular flexibility index (Phi) is 6.03. The van der Waals surface area contributed by atoms with Crippen LogP contribution in [0.1, 0.15) is 48.3 Å². The Morgan fingerprint density at radius 2 is 1.86 bits per heavy atom. The van der Waals surface area contributed by atoms with E-state index in [9.17, 15) is 9.59 Å². The lowest BCUT2D eigenvalue weighted by molar-refractivity contribution is -0.114. The van der Waals surface area contributed by atoms with Gasteiger partial charge in [-0.1, -0.05) is 31.5 Å². The number of hydrogen-bond donors (Lipinski definition) is 2. The molecule has 0 aliphatic heterocycles. The summed E-state index contributed by atoms with van der Waals surface area (Å²) < 4.78 is 1.75. The first kappa shape index (κ1) is 20.6. The lowest BCUT2D eigenvalue weighted by atomic mass is 10.0. The average molecular weight is 411 g/mol. The third kappa shape index (κ3) is 4.66. The molecule has 2 aromatic carbocycles. The smallest absolute Gasteiger partial charge is 0.259 e. The lowest BCUT2D eigenvalue weighted by Gasteiger charge is -2.14. The Bertz CT molecular complexity index is 1070. The maximum absolute atomic E-state index is 13.0. The molecule has 3 aromatic rings. The Balaban J connectivity index is 1.90. The second-order valence-corrected chi connectivity index (χ2v) is 7.59. The summed E-state index contributed by atoms with van der Waals surface area (Å²) >= 11 is 6.12. The van der Waals surface area contributed by atoms with Crippen molar-refractivity contribution in [3.63, 3.8) is 0 Å². The van der Waals surface area contributed by atoms with E-state index in [4.69, 9.17) is 11.6 Å². The van der Waals surface area contributed by atoms with E-state index in [2.05, 4.69) is 15.7 Å². The van der Waals surface area contributed by atoms with E-state index >= 15 is 0 Å². The molecule has 0 spiro atoms. The highest BCUT2D eigenvalue weighted by atomic mass is 35.5. The zero-order chi connectivity index (χ0) is 21.1. The van der Waals surface area contributed by atoms with Crippen molar-refractivity contribution in [2.45, 2.75) is 33.6 Å². The lowest BCUT2D eigenvalue weighted by Crippen LogP contribution is -2.16. The Morgan fingerprint density at radius 1 is 1.10 bits per heavy atom. The summed E-state index contributed by atoms with van der Waals surface area (Å²) in [4.78, 5) is 24.2. The highest BCUT2D eigenvalue weighted by Crippen LogP contribution is 2.26. The van der Waals surface area contributed by atoms with Crippen molar-refractivity contribution in [3.8, 4) is 5.69 Å². The SMILES string of the molecule is CC(=O)Nc1ccc(NC(=O)c2cnn(-c3cccc(Cl)c3)c2C(C)C)cc1C. The number of rotatable bonds is 5. The van der Waals surface area contributed by atoms with Crippen LogP contribution in [0, 0.1) is 6.92 Å². The molecule has 2 amide bonds. The molecule has 0 saturated carbocycles. The first-order chi connectivity index (χ1) is 13.8. The van der Waals surface area contributed by atoms with Gasteiger partial charge >= 0.3 is 0 Å². The van der Waals surface area contributed by atoms with E-state index in [0.717, 1.165) is 16.9 Å². The number of aryl methyl sites for hydroxylation is 1. The number of halogens is 1. The quantitative estimate of drug-likeness (QED) is 0.609. The number of amides is 2. The summed E-state index contributed by atoms with van der Waals surface area (Å²) in [6.45, 7) is 7.36. The number of anilines is 2. The van der Waals surface area contributed by atoms with Crippen LogP contribution in [0.25, 0.3) is 5.69 Å². The van der Waals surface area contributed by atoms with Gasteiger partial charge in [0.15, 0.2) is 0 Å². The largest absolute Gasteiger partial charge is 0.326 e. The molecule has 0 atom stereocenters. The predicted molar refractivity (Wildman–Crippen MR) is 116 cm³/mol. The Labute approximate surface area is 174 Å². The zero-order valence-corrected chi connectivity index (χ0v) is 17.5. The van der Waals surface area contributed by atoms with E-state index in [-0.39, 0.29) is 17.7 Å². The molecule has 0 bridgehead atoms. The third-order valence-corrected chi connectivity index (χ3v) is 4.68. The van der Waals surface area contributed by atoms with Crippen LogP contribution in [-0.2, 0) is 4.79 Å². The molecule has 0 aliphatic carbocycles. The van der Waals surface area contributed by atoms with Gasteiger partial charge in [-0.3, -0.25) is 9.59 Å². The van der Waals surface area contributed by atoms with Crippen LogP contribution in [0.4, 0.5) is 11.4 Å². The van der Waals surface area contributed by atoms with Crippen LogP contribution < -0.4 is 10.6 Å². The van der Waals surface area contributed by atoms with Gasteiger partial charge in [0.05, 0.1) is 23.1 Å². The fourth-order valence-corrected chi connectivity index (χ4v) is 3.36. The number of benzene rings is 2. The van der Waals surface area contributed by atoms with Gasteiger partial charge in [-0.05, 0) is 54.8 Å². The molecule has 0 radical (unpaired) electrons. The van der Waals surface area contributed by atoms with Gasteiger partial charge < -0.3 is 10.6 Å². The van der Waals surface area contributed by atoms with E-state index in [1.54, 1.807) is 29.1 Å². The van der Waals surface area contributed by atoms with Gasteiger partial charge in [0.25, 0.3) is 5.91 Å². The average Bonchev–Trinajstić information content (AvgIpc) is 3.09. The standard InChI is InChI=1S/C22H23ClN4O2/c1-13(2)21-19(12-24-27(21)18-7-5-6-16(23)11-18)22(29)26-17-8-9-20(14(3)10-17)25-15(4)28/h5-13H,1-4H3,(H,25,28)(H,26,29). The molecule has 0 aliphatic rings. The van der Waals surface area contributed by atoms with Gasteiger partial charge in [-0.2, -0.15) is 5.10 Å². The van der Waals surface area contributed by atoms with Crippen molar-refractivity contribution < 1.29 is 9.59 Å². The second-order valence-electron chi connectivity index (χ2n) is 7.15. The maximum Gasteiger partial charge on any atom is 0.259 e. The van der Waals surface area contributed by atoms with Crippen LogP contribution in [0.5, 0.6) is 0 Å². The molecule has 0 saturated heterocycles. The van der Waals surface area contributed by atoms with Gasteiger partial charge in [-0.15, -0.1) is 0 Å². The summed E-state index contributed by atoms with van der Waals surface area (Å²) in [5, 5.41) is 10.7. The molecule has 2 N–H and O–H groups in total. The van der Waals surface area contributed by atoms with Crippen molar-refractivity contribution in [2.24, 2.45) is 0 Å². The van der Waals surface area contributed by atoms with E-state index in [0.29, 0.717) is 22.0 Å².